The summed E-state index contributed by atoms with van der Waals surface area (Å²) in [4.78, 5) is 8.07. The molecule has 0 bridgehead atoms. The fourth-order valence-electron chi connectivity index (χ4n) is 1.26. The lowest BCUT2D eigenvalue weighted by Gasteiger charge is -2.04. The van der Waals surface area contributed by atoms with Gasteiger partial charge in [-0.3, -0.25) is 0 Å². The molecule has 6 heteroatoms. The Hall–Kier alpha value is -1.46. The van der Waals surface area contributed by atoms with Crippen LogP contribution in [0.15, 0.2) is 24.9 Å². The molecule has 2 aromatic heterocycles. The monoisotopic (exact) mass is 223 g/mol. The summed E-state index contributed by atoms with van der Waals surface area (Å²) in [5.74, 6) is 0.592. The molecular weight excluding hydrogens is 214 g/mol. The predicted molar refractivity (Wildman–Crippen MR) is 56.9 cm³/mol. The maximum Gasteiger partial charge on any atom is 0.173 e. The SMILES string of the molecule is CNCc1cnc(-n2cncn2)c(Cl)c1. The highest BCUT2D eigenvalue weighted by molar-refractivity contribution is 6.32. The molecule has 0 saturated carbocycles. The number of aromatic nitrogens is 4. The molecular formula is C9H10ClN5. The molecule has 0 fully saturated rings. The highest BCUT2D eigenvalue weighted by Crippen LogP contribution is 2.17. The van der Waals surface area contributed by atoms with Gasteiger partial charge in [0.25, 0.3) is 0 Å². The summed E-state index contributed by atoms with van der Waals surface area (Å²) in [5.41, 5.74) is 1.03. The van der Waals surface area contributed by atoms with Crippen LogP contribution in [0.2, 0.25) is 5.02 Å². The van der Waals surface area contributed by atoms with Gasteiger partial charge in [0.15, 0.2) is 5.82 Å². The van der Waals surface area contributed by atoms with Crippen LogP contribution in [0.1, 0.15) is 5.56 Å². The van der Waals surface area contributed by atoms with Crippen molar-refractivity contribution in [2.75, 3.05) is 7.05 Å². The average Bonchev–Trinajstić information content (AvgIpc) is 2.71. The van der Waals surface area contributed by atoms with Gasteiger partial charge >= 0.3 is 0 Å². The van der Waals surface area contributed by atoms with Crippen LogP contribution in [0.5, 0.6) is 0 Å². The maximum absolute atomic E-state index is 6.08. The molecule has 0 radical (unpaired) electrons. The normalized spacial score (nSPS) is 10.5. The van der Waals surface area contributed by atoms with Crippen LogP contribution in [0, 0.1) is 0 Å². The van der Waals surface area contributed by atoms with E-state index in [4.69, 9.17) is 11.6 Å². The van der Waals surface area contributed by atoms with Gasteiger partial charge in [0.2, 0.25) is 0 Å². The Kier molecular flexibility index (Phi) is 2.94. The summed E-state index contributed by atoms with van der Waals surface area (Å²) in [7, 11) is 1.87. The number of rotatable bonds is 3. The first kappa shape index (κ1) is 10.1. The molecule has 0 atom stereocenters. The molecule has 78 valence electrons. The quantitative estimate of drug-likeness (QED) is 0.845. The Labute approximate surface area is 92.1 Å². The van der Waals surface area contributed by atoms with E-state index in [-0.39, 0.29) is 0 Å². The third kappa shape index (κ3) is 2.14. The van der Waals surface area contributed by atoms with Crippen molar-refractivity contribution >= 4 is 11.6 Å². The third-order valence-electron chi connectivity index (χ3n) is 1.90. The van der Waals surface area contributed by atoms with Crippen molar-refractivity contribution in [3.05, 3.63) is 35.5 Å². The van der Waals surface area contributed by atoms with Crippen LogP contribution in [0.4, 0.5) is 0 Å². The van der Waals surface area contributed by atoms with Crippen LogP contribution in [-0.2, 0) is 6.54 Å². The number of hydrogen-bond donors (Lipinski definition) is 1. The van der Waals surface area contributed by atoms with E-state index in [2.05, 4.69) is 20.4 Å². The van der Waals surface area contributed by atoms with Crippen molar-refractivity contribution in [1.29, 1.82) is 0 Å². The minimum absolute atomic E-state index is 0.563. The largest absolute Gasteiger partial charge is 0.316 e. The van der Waals surface area contributed by atoms with Gasteiger partial charge in [-0.15, -0.1) is 0 Å². The molecule has 0 aliphatic heterocycles. The molecule has 2 rings (SSSR count). The Morgan fingerprint density at radius 2 is 2.40 bits per heavy atom. The van der Waals surface area contributed by atoms with Crippen LogP contribution < -0.4 is 5.32 Å². The summed E-state index contributed by atoms with van der Waals surface area (Å²) >= 11 is 6.08. The van der Waals surface area contributed by atoms with Crippen molar-refractivity contribution in [2.45, 2.75) is 6.54 Å². The first-order valence-corrected chi connectivity index (χ1v) is 4.83. The summed E-state index contributed by atoms with van der Waals surface area (Å²) < 4.78 is 1.53. The van der Waals surface area contributed by atoms with E-state index >= 15 is 0 Å². The Morgan fingerprint density at radius 3 is 3.00 bits per heavy atom. The number of halogens is 1. The van der Waals surface area contributed by atoms with Gasteiger partial charge in [0.1, 0.15) is 12.7 Å². The lowest BCUT2D eigenvalue weighted by Crippen LogP contribution is -2.07. The van der Waals surface area contributed by atoms with E-state index < -0.39 is 0 Å². The van der Waals surface area contributed by atoms with E-state index in [9.17, 15) is 0 Å². The van der Waals surface area contributed by atoms with Gasteiger partial charge in [-0.05, 0) is 18.7 Å². The first-order chi connectivity index (χ1) is 7.31. The second-order valence-corrected chi connectivity index (χ2v) is 3.43. The molecule has 0 unspecified atom stereocenters. The highest BCUT2D eigenvalue weighted by Gasteiger charge is 2.05. The van der Waals surface area contributed by atoms with Crippen molar-refractivity contribution in [2.24, 2.45) is 0 Å². The van der Waals surface area contributed by atoms with Gasteiger partial charge in [0.05, 0.1) is 5.02 Å². The van der Waals surface area contributed by atoms with Crippen molar-refractivity contribution in [1.82, 2.24) is 25.1 Å². The molecule has 1 N–H and O–H groups in total. The summed E-state index contributed by atoms with van der Waals surface area (Å²) in [6.07, 6.45) is 4.77. The van der Waals surface area contributed by atoms with Crippen LogP contribution in [-0.4, -0.2) is 26.8 Å². The highest BCUT2D eigenvalue weighted by atomic mass is 35.5. The van der Waals surface area contributed by atoms with Gasteiger partial charge < -0.3 is 5.32 Å². The van der Waals surface area contributed by atoms with Gasteiger partial charge in [0, 0.05) is 12.7 Å². The number of nitrogens with one attached hydrogen (secondary N) is 1. The van der Waals surface area contributed by atoms with E-state index in [1.807, 2.05) is 13.1 Å². The fraction of sp³-hybridized carbons (Fsp3) is 0.222. The van der Waals surface area contributed by atoms with Gasteiger partial charge in [-0.1, -0.05) is 11.6 Å². The maximum atomic E-state index is 6.08. The second-order valence-electron chi connectivity index (χ2n) is 3.02. The molecule has 2 heterocycles. The Balaban J connectivity index is 2.35. The van der Waals surface area contributed by atoms with Gasteiger partial charge in [-0.25, -0.2) is 14.6 Å². The number of pyridine rings is 1. The fourth-order valence-corrected chi connectivity index (χ4v) is 1.53. The van der Waals surface area contributed by atoms with Crippen LogP contribution >= 0.6 is 11.6 Å². The molecule has 15 heavy (non-hydrogen) atoms. The van der Waals surface area contributed by atoms with E-state index in [0.717, 1.165) is 12.1 Å². The smallest absolute Gasteiger partial charge is 0.173 e. The zero-order chi connectivity index (χ0) is 10.7. The summed E-state index contributed by atoms with van der Waals surface area (Å²) in [6.45, 7) is 0.740. The van der Waals surface area contributed by atoms with Crippen molar-refractivity contribution in [3.8, 4) is 5.82 Å². The minimum atomic E-state index is 0.563. The zero-order valence-corrected chi connectivity index (χ0v) is 8.94. The molecule has 5 nitrogen and oxygen atoms in total. The number of hydrogen-bond acceptors (Lipinski definition) is 4. The van der Waals surface area contributed by atoms with Crippen molar-refractivity contribution in [3.63, 3.8) is 0 Å². The average molecular weight is 224 g/mol. The number of nitrogens with zero attached hydrogens (tertiary/aromatic N) is 4. The first-order valence-electron chi connectivity index (χ1n) is 4.45. The van der Waals surface area contributed by atoms with E-state index in [0.29, 0.717) is 10.8 Å². The second kappa shape index (κ2) is 4.37. The zero-order valence-electron chi connectivity index (χ0n) is 8.18. The molecule has 0 amide bonds. The summed E-state index contributed by atoms with van der Waals surface area (Å²) in [6, 6.07) is 1.86. The minimum Gasteiger partial charge on any atom is -0.316 e. The standard InChI is InChI=1S/C9H10ClN5/c1-11-3-7-2-8(10)9(13-4-7)15-6-12-5-14-15/h2,4-6,11H,3H2,1H3. The molecule has 0 aliphatic rings. The van der Waals surface area contributed by atoms with Crippen LogP contribution in [0.25, 0.3) is 5.82 Å². The lowest BCUT2D eigenvalue weighted by molar-refractivity contribution is 0.801. The molecule has 0 saturated heterocycles. The molecule has 0 aromatic carbocycles. The Bertz CT molecular complexity index is 440. The lowest BCUT2D eigenvalue weighted by atomic mass is 10.3. The molecule has 0 aliphatic carbocycles. The topological polar surface area (TPSA) is 55.6 Å². The Morgan fingerprint density at radius 1 is 1.53 bits per heavy atom. The van der Waals surface area contributed by atoms with Gasteiger partial charge in [-0.2, -0.15) is 5.10 Å². The summed E-state index contributed by atoms with van der Waals surface area (Å²) in [5, 5.41) is 7.56. The van der Waals surface area contributed by atoms with E-state index in [1.54, 1.807) is 12.5 Å². The van der Waals surface area contributed by atoms with Crippen molar-refractivity contribution < 1.29 is 0 Å². The molecule has 2 aromatic rings. The van der Waals surface area contributed by atoms with Crippen LogP contribution in [0.3, 0.4) is 0 Å². The molecule has 0 spiro atoms. The predicted octanol–water partition coefficient (Wildman–Crippen LogP) is 1.04. The van der Waals surface area contributed by atoms with E-state index in [1.165, 1.54) is 11.0 Å². The third-order valence-corrected chi connectivity index (χ3v) is 2.17.